The lowest BCUT2D eigenvalue weighted by molar-refractivity contribution is 0.0127. The van der Waals surface area contributed by atoms with E-state index in [-0.39, 0.29) is 29.7 Å². The van der Waals surface area contributed by atoms with Crippen LogP contribution >= 0.6 is 0 Å². The Labute approximate surface area is 211 Å². The van der Waals surface area contributed by atoms with Gasteiger partial charge in [0.2, 0.25) is 0 Å². The molecule has 0 saturated carbocycles. The van der Waals surface area contributed by atoms with Gasteiger partial charge in [-0.25, -0.2) is 9.78 Å². The number of oxazole rings is 1. The number of fused-ring (bicyclic) bond motifs is 1. The molecule has 0 aliphatic carbocycles. The first kappa shape index (κ1) is 24.8. The summed E-state index contributed by atoms with van der Waals surface area (Å²) in [5.41, 5.74) is 1.93. The zero-order chi connectivity index (χ0) is 25.6. The number of urea groups is 1. The Morgan fingerprint density at radius 1 is 1.08 bits per heavy atom. The van der Waals surface area contributed by atoms with Crippen molar-refractivity contribution in [3.8, 4) is 0 Å². The van der Waals surface area contributed by atoms with Crippen LogP contribution in [0, 0.1) is 19.8 Å². The molecule has 11 nitrogen and oxygen atoms in total. The van der Waals surface area contributed by atoms with E-state index in [0.29, 0.717) is 42.5 Å². The number of hydrogen-bond acceptors (Lipinski definition) is 7. The fraction of sp³-hybridized carbons (Fsp3) is 0.680. The van der Waals surface area contributed by atoms with E-state index >= 15 is 0 Å². The molecule has 1 unspecified atom stereocenters. The molecule has 11 heteroatoms. The number of rotatable bonds is 4. The lowest BCUT2D eigenvalue weighted by atomic mass is 9.97. The molecule has 0 aromatic carbocycles. The average molecular weight is 500 g/mol. The van der Waals surface area contributed by atoms with Gasteiger partial charge in [0.15, 0.2) is 17.4 Å². The van der Waals surface area contributed by atoms with Gasteiger partial charge in [-0.2, -0.15) is 5.10 Å². The van der Waals surface area contributed by atoms with Crippen molar-refractivity contribution in [2.45, 2.75) is 72.1 Å². The molecule has 2 fully saturated rings. The van der Waals surface area contributed by atoms with E-state index in [0.717, 1.165) is 50.4 Å². The molecule has 3 amide bonds. The zero-order valence-corrected chi connectivity index (χ0v) is 21.8. The third kappa shape index (κ3) is 4.61. The van der Waals surface area contributed by atoms with E-state index in [4.69, 9.17) is 9.15 Å². The molecule has 3 aliphatic heterocycles. The molecule has 2 N–H and O–H groups in total. The van der Waals surface area contributed by atoms with Crippen LogP contribution in [0.25, 0.3) is 0 Å². The topological polar surface area (TPSA) is 120 Å². The molecule has 196 valence electrons. The number of aromatic nitrogens is 3. The second-order valence-electron chi connectivity index (χ2n) is 10.5. The Kier molecular flexibility index (Phi) is 6.78. The first-order chi connectivity index (χ1) is 17.2. The third-order valence-corrected chi connectivity index (χ3v) is 7.90. The number of piperazine rings is 1. The molecule has 0 radical (unpaired) electrons. The molecule has 3 atom stereocenters. The van der Waals surface area contributed by atoms with Gasteiger partial charge >= 0.3 is 6.03 Å². The molecule has 5 heterocycles. The second-order valence-corrected chi connectivity index (χ2v) is 10.5. The van der Waals surface area contributed by atoms with Gasteiger partial charge in [-0.15, -0.1) is 0 Å². The van der Waals surface area contributed by atoms with Crippen LogP contribution in [-0.2, 0) is 11.3 Å². The van der Waals surface area contributed by atoms with Crippen LogP contribution in [0.2, 0.25) is 0 Å². The summed E-state index contributed by atoms with van der Waals surface area (Å²) in [6.07, 6.45) is 2.23. The van der Waals surface area contributed by atoms with Gasteiger partial charge in [0.25, 0.3) is 5.91 Å². The van der Waals surface area contributed by atoms with E-state index in [1.54, 1.807) is 13.8 Å². The van der Waals surface area contributed by atoms with Crippen molar-refractivity contribution in [1.82, 2.24) is 29.9 Å². The number of nitrogens with one attached hydrogen (secondary N) is 2. The quantitative estimate of drug-likeness (QED) is 0.663. The van der Waals surface area contributed by atoms with E-state index in [1.807, 2.05) is 16.7 Å². The zero-order valence-electron chi connectivity index (χ0n) is 21.8. The van der Waals surface area contributed by atoms with Crippen molar-refractivity contribution in [2.75, 3.05) is 38.2 Å². The van der Waals surface area contributed by atoms with Crippen molar-refractivity contribution >= 4 is 17.8 Å². The van der Waals surface area contributed by atoms with Crippen LogP contribution in [0.1, 0.15) is 73.1 Å². The van der Waals surface area contributed by atoms with E-state index < -0.39 is 0 Å². The van der Waals surface area contributed by atoms with Crippen molar-refractivity contribution in [3.05, 3.63) is 28.6 Å². The molecule has 2 aromatic rings. The maximum Gasteiger partial charge on any atom is 0.321 e. The largest absolute Gasteiger partial charge is 0.445 e. The Morgan fingerprint density at radius 3 is 2.53 bits per heavy atom. The minimum atomic E-state index is -0.376. The number of nitrogens with zero attached hydrogens (tertiary/aromatic N) is 5. The molecule has 0 spiro atoms. The number of aryl methyl sites for hydroxylation is 2. The van der Waals surface area contributed by atoms with Crippen LogP contribution in [0.4, 0.5) is 10.6 Å². The van der Waals surface area contributed by atoms with E-state index in [2.05, 4.69) is 39.2 Å². The van der Waals surface area contributed by atoms with Crippen LogP contribution in [0.5, 0.6) is 0 Å². The molecule has 2 aromatic heterocycles. The number of aromatic amines is 1. The lowest BCUT2D eigenvalue weighted by Crippen LogP contribution is -2.60. The number of carbonyl (C=O) groups is 2. The van der Waals surface area contributed by atoms with Crippen LogP contribution in [-0.4, -0.2) is 86.8 Å². The minimum Gasteiger partial charge on any atom is -0.445 e. The summed E-state index contributed by atoms with van der Waals surface area (Å²) in [6, 6.07) is 0.284. The predicted molar refractivity (Wildman–Crippen MR) is 133 cm³/mol. The van der Waals surface area contributed by atoms with Crippen molar-refractivity contribution in [2.24, 2.45) is 5.92 Å². The number of amides is 3. The molecule has 36 heavy (non-hydrogen) atoms. The Morgan fingerprint density at radius 2 is 1.83 bits per heavy atom. The Hall–Kier alpha value is -2.92. The number of anilines is 1. The smallest absolute Gasteiger partial charge is 0.321 e. The van der Waals surface area contributed by atoms with Gasteiger partial charge in [-0.05, 0) is 46.5 Å². The summed E-state index contributed by atoms with van der Waals surface area (Å²) >= 11 is 0. The van der Waals surface area contributed by atoms with Crippen molar-refractivity contribution < 1.29 is 18.7 Å². The molecular weight excluding hydrogens is 462 g/mol. The number of carbonyl (C=O) groups excluding carboxylic acids is 2. The fourth-order valence-corrected chi connectivity index (χ4v) is 5.74. The normalized spacial score (nSPS) is 25.3. The first-order valence-electron chi connectivity index (χ1n) is 12.9. The van der Waals surface area contributed by atoms with Gasteiger partial charge in [0.05, 0.1) is 18.3 Å². The van der Waals surface area contributed by atoms with Crippen molar-refractivity contribution in [3.63, 3.8) is 0 Å². The predicted octanol–water partition coefficient (Wildman–Crippen LogP) is 3.08. The molecule has 0 bridgehead atoms. The number of hydrogen-bond donors (Lipinski definition) is 2. The monoisotopic (exact) mass is 499 g/mol. The molecule has 3 aliphatic rings. The number of ether oxygens (including phenoxy) is 1. The highest BCUT2D eigenvalue weighted by molar-refractivity contribution is 6.03. The summed E-state index contributed by atoms with van der Waals surface area (Å²) in [6.45, 7) is 14.5. The SMILES string of the molecule is Cc1nc(C(=O)Nc2n[nH]c3c2CN(C(=O)N2C[C@@H](C)N(CC4CCOCC4)C[C@@H]2C)C3C)c(C)o1. The Balaban J connectivity index is 1.24. The molecular formula is C25H37N7O4. The van der Waals surface area contributed by atoms with Crippen LogP contribution in [0.15, 0.2) is 4.42 Å². The maximum atomic E-state index is 13.7. The van der Waals surface area contributed by atoms with Gasteiger partial charge in [0, 0.05) is 57.4 Å². The van der Waals surface area contributed by atoms with Crippen LogP contribution < -0.4 is 5.32 Å². The lowest BCUT2D eigenvalue weighted by Gasteiger charge is -2.46. The summed E-state index contributed by atoms with van der Waals surface area (Å²) < 4.78 is 10.9. The summed E-state index contributed by atoms with van der Waals surface area (Å²) in [7, 11) is 0. The standard InChI is InChI=1S/C25H37N7O4/c1-14-11-31(15(2)10-30(14)12-19-6-8-35-9-7-19)25(34)32-13-20-21(16(32)3)28-29-23(20)27-24(33)22-17(4)36-18(5)26-22/h14-16,19H,6-13H2,1-5H3,(H2,27,28,29,33)/t14-,15+,16?/m1/s1. The maximum absolute atomic E-state index is 13.7. The summed E-state index contributed by atoms with van der Waals surface area (Å²) in [5, 5.41) is 10.2. The van der Waals surface area contributed by atoms with Crippen LogP contribution in [0.3, 0.4) is 0 Å². The van der Waals surface area contributed by atoms with E-state index in [9.17, 15) is 9.59 Å². The highest BCUT2D eigenvalue weighted by Crippen LogP contribution is 2.37. The van der Waals surface area contributed by atoms with E-state index in [1.165, 1.54) is 0 Å². The fourth-order valence-electron chi connectivity index (χ4n) is 5.74. The minimum absolute atomic E-state index is 0.0254. The summed E-state index contributed by atoms with van der Waals surface area (Å²) in [4.78, 5) is 37.0. The van der Waals surface area contributed by atoms with Crippen molar-refractivity contribution in [1.29, 1.82) is 0 Å². The average Bonchev–Trinajstić information content (AvgIpc) is 3.50. The van der Waals surface area contributed by atoms with Gasteiger partial charge < -0.3 is 24.3 Å². The first-order valence-corrected chi connectivity index (χ1v) is 12.9. The van der Waals surface area contributed by atoms with Gasteiger partial charge in [-0.3, -0.25) is 14.8 Å². The third-order valence-electron chi connectivity index (χ3n) is 7.90. The van der Waals surface area contributed by atoms with Gasteiger partial charge in [0.1, 0.15) is 5.76 Å². The second kappa shape index (κ2) is 9.85. The molecule has 2 saturated heterocycles. The number of H-pyrrole nitrogens is 1. The Bertz CT molecular complexity index is 1120. The highest BCUT2D eigenvalue weighted by Gasteiger charge is 2.41. The highest BCUT2D eigenvalue weighted by atomic mass is 16.5. The summed E-state index contributed by atoms with van der Waals surface area (Å²) in [5.74, 6) is 1.62. The van der Waals surface area contributed by atoms with Gasteiger partial charge in [-0.1, -0.05) is 0 Å². The molecule has 5 rings (SSSR count).